The Labute approximate surface area is 107 Å². The molecule has 2 N–H and O–H groups in total. The molecule has 5 nitrogen and oxygen atoms in total. The van der Waals surface area contributed by atoms with E-state index in [1.54, 1.807) is 0 Å². The van der Waals surface area contributed by atoms with Crippen molar-refractivity contribution in [1.82, 2.24) is 15.2 Å². The molecule has 7 heteroatoms. The van der Waals surface area contributed by atoms with Gasteiger partial charge in [0.25, 0.3) is 5.91 Å². The van der Waals surface area contributed by atoms with Crippen LogP contribution < -0.4 is 5.32 Å². The van der Waals surface area contributed by atoms with Crippen LogP contribution in [-0.2, 0) is 0 Å². The summed E-state index contributed by atoms with van der Waals surface area (Å²) in [6.45, 7) is 0. The van der Waals surface area contributed by atoms with Crippen molar-refractivity contribution in [1.29, 1.82) is 0 Å². The topological polar surface area (TPSA) is 70.7 Å². The molecule has 0 radical (unpaired) electrons. The van der Waals surface area contributed by atoms with E-state index in [1.807, 2.05) is 0 Å². The van der Waals surface area contributed by atoms with Crippen molar-refractivity contribution in [2.75, 3.05) is 5.32 Å². The fourth-order valence-electron chi connectivity index (χ4n) is 1.68. The highest BCUT2D eigenvalue weighted by Gasteiger charge is 2.28. The van der Waals surface area contributed by atoms with Crippen LogP contribution in [0, 0.1) is 11.6 Å². The van der Waals surface area contributed by atoms with Gasteiger partial charge in [0, 0.05) is 12.0 Å². The van der Waals surface area contributed by atoms with E-state index in [4.69, 9.17) is 0 Å². The smallest absolute Gasteiger partial charge is 0.295 e. The van der Waals surface area contributed by atoms with Crippen LogP contribution in [0.25, 0.3) is 0 Å². The molecule has 0 aliphatic heterocycles. The minimum atomic E-state index is -0.841. The summed E-state index contributed by atoms with van der Waals surface area (Å²) in [7, 11) is 0. The molecule has 1 amide bonds. The number of carbonyl (C=O) groups is 1. The Bertz CT molecular complexity index is 636. The molecule has 1 fully saturated rings. The number of hydrogen-bond acceptors (Lipinski definition) is 3. The van der Waals surface area contributed by atoms with Gasteiger partial charge in [-0.2, -0.15) is 0 Å². The number of nitrogens with one attached hydrogen (secondary N) is 2. The zero-order valence-electron chi connectivity index (χ0n) is 9.78. The SMILES string of the molecule is O=C(Nc1ccc(F)cc1F)c1n[nH]c(C2CC2)n1. The number of H-pyrrole nitrogens is 1. The van der Waals surface area contributed by atoms with Crippen molar-refractivity contribution >= 4 is 11.6 Å². The third-order valence-corrected chi connectivity index (χ3v) is 2.85. The standard InChI is InChI=1S/C12H10F2N4O/c13-7-3-4-9(8(14)5-7)15-12(19)11-16-10(17-18-11)6-1-2-6/h3-6H,1-2H2,(H,15,19)(H,16,17,18). The summed E-state index contributed by atoms with van der Waals surface area (Å²) in [5.41, 5.74) is -0.107. The summed E-state index contributed by atoms with van der Waals surface area (Å²) < 4.78 is 26.1. The first kappa shape index (κ1) is 11.8. The van der Waals surface area contributed by atoms with E-state index in [0.29, 0.717) is 17.8 Å². The largest absolute Gasteiger partial charge is 0.317 e. The average molecular weight is 264 g/mol. The highest BCUT2D eigenvalue weighted by molar-refractivity contribution is 6.01. The first-order valence-corrected chi connectivity index (χ1v) is 5.82. The summed E-state index contributed by atoms with van der Waals surface area (Å²) in [5.74, 6) is -1.21. The first-order chi connectivity index (χ1) is 9.13. The zero-order chi connectivity index (χ0) is 13.4. The number of halogens is 2. The Kier molecular flexibility index (Phi) is 2.73. The lowest BCUT2D eigenvalue weighted by atomic mass is 10.3. The molecule has 1 aromatic heterocycles. The maximum absolute atomic E-state index is 13.4. The summed E-state index contributed by atoms with van der Waals surface area (Å²) in [5, 5.41) is 8.76. The second-order valence-corrected chi connectivity index (χ2v) is 4.40. The van der Waals surface area contributed by atoms with Gasteiger partial charge in [-0.3, -0.25) is 9.89 Å². The lowest BCUT2D eigenvalue weighted by molar-refractivity contribution is 0.101. The molecular formula is C12H10F2N4O. The van der Waals surface area contributed by atoms with Crippen LogP contribution in [0.15, 0.2) is 18.2 Å². The minimum absolute atomic E-state index is 0.0503. The van der Waals surface area contributed by atoms with E-state index in [-0.39, 0.29) is 11.5 Å². The van der Waals surface area contributed by atoms with E-state index in [1.165, 1.54) is 0 Å². The van der Waals surface area contributed by atoms with Gasteiger partial charge in [-0.15, -0.1) is 5.10 Å². The van der Waals surface area contributed by atoms with Gasteiger partial charge in [-0.25, -0.2) is 13.8 Å². The number of aromatic nitrogens is 3. The predicted molar refractivity (Wildman–Crippen MR) is 62.7 cm³/mol. The summed E-state index contributed by atoms with van der Waals surface area (Å²) in [6, 6.07) is 2.91. The Balaban J connectivity index is 1.76. The van der Waals surface area contributed by atoms with Gasteiger partial charge in [-0.1, -0.05) is 0 Å². The van der Waals surface area contributed by atoms with Gasteiger partial charge < -0.3 is 5.32 Å². The van der Waals surface area contributed by atoms with Gasteiger partial charge in [0.05, 0.1) is 5.69 Å². The molecule has 98 valence electrons. The molecule has 0 bridgehead atoms. The monoisotopic (exact) mass is 264 g/mol. The van der Waals surface area contributed by atoms with Gasteiger partial charge in [0.1, 0.15) is 17.5 Å². The van der Waals surface area contributed by atoms with Gasteiger partial charge in [-0.05, 0) is 25.0 Å². The lowest BCUT2D eigenvalue weighted by Gasteiger charge is -2.03. The van der Waals surface area contributed by atoms with E-state index in [9.17, 15) is 13.6 Å². The maximum atomic E-state index is 13.4. The van der Waals surface area contributed by atoms with Crippen molar-refractivity contribution in [2.24, 2.45) is 0 Å². The second-order valence-electron chi connectivity index (χ2n) is 4.40. The molecule has 1 aliphatic rings. The molecule has 2 aromatic rings. The van der Waals surface area contributed by atoms with Crippen LogP contribution in [0.1, 0.15) is 35.2 Å². The zero-order valence-corrected chi connectivity index (χ0v) is 9.78. The number of nitrogens with zero attached hydrogens (tertiary/aromatic N) is 2. The number of benzene rings is 1. The molecule has 1 heterocycles. The molecule has 0 unspecified atom stereocenters. The lowest BCUT2D eigenvalue weighted by Crippen LogP contribution is -2.15. The molecule has 1 saturated carbocycles. The molecular weight excluding hydrogens is 254 g/mol. The molecule has 0 spiro atoms. The third-order valence-electron chi connectivity index (χ3n) is 2.85. The number of aromatic amines is 1. The third kappa shape index (κ3) is 2.44. The number of carbonyl (C=O) groups excluding carboxylic acids is 1. The van der Waals surface area contributed by atoms with E-state index >= 15 is 0 Å². The summed E-state index contributed by atoms with van der Waals surface area (Å²) in [4.78, 5) is 15.8. The fraction of sp³-hybridized carbons (Fsp3) is 0.250. The molecule has 3 rings (SSSR count). The molecule has 0 saturated heterocycles. The van der Waals surface area contributed by atoms with Crippen LogP contribution >= 0.6 is 0 Å². The molecule has 19 heavy (non-hydrogen) atoms. The van der Waals surface area contributed by atoms with Crippen LogP contribution in [0.2, 0.25) is 0 Å². The Morgan fingerprint density at radius 1 is 1.37 bits per heavy atom. The number of anilines is 1. The average Bonchev–Trinajstić information content (AvgIpc) is 3.10. The Hall–Kier alpha value is -2.31. The van der Waals surface area contributed by atoms with Crippen molar-refractivity contribution in [3.63, 3.8) is 0 Å². The summed E-state index contributed by atoms with van der Waals surface area (Å²) >= 11 is 0. The van der Waals surface area contributed by atoms with Gasteiger partial charge in [0.2, 0.25) is 5.82 Å². The van der Waals surface area contributed by atoms with Gasteiger partial charge >= 0.3 is 0 Å². The van der Waals surface area contributed by atoms with Crippen LogP contribution in [0.5, 0.6) is 0 Å². The van der Waals surface area contributed by atoms with Crippen LogP contribution in [-0.4, -0.2) is 21.1 Å². The second kappa shape index (κ2) is 4.42. The highest BCUT2D eigenvalue weighted by atomic mass is 19.1. The molecule has 1 aliphatic carbocycles. The van der Waals surface area contributed by atoms with Crippen molar-refractivity contribution in [3.8, 4) is 0 Å². The van der Waals surface area contributed by atoms with E-state index in [2.05, 4.69) is 20.5 Å². The Morgan fingerprint density at radius 2 is 2.16 bits per heavy atom. The molecule has 1 aromatic carbocycles. The fourth-order valence-corrected chi connectivity index (χ4v) is 1.68. The number of hydrogen-bond donors (Lipinski definition) is 2. The Morgan fingerprint density at radius 3 is 2.84 bits per heavy atom. The number of amides is 1. The normalized spacial score (nSPS) is 14.4. The van der Waals surface area contributed by atoms with E-state index < -0.39 is 17.5 Å². The van der Waals surface area contributed by atoms with Gasteiger partial charge in [0.15, 0.2) is 0 Å². The molecule has 0 atom stereocenters. The van der Waals surface area contributed by atoms with Crippen LogP contribution in [0.4, 0.5) is 14.5 Å². The van der Waals surface area contributed by atoms with Crippen molar-refractivity contribution in [3.05, 3.63) is 41.5 Å². The predicted octanol–water partition coefficient (Wildman–Crippen LogP) is 2.21. The number of rotatable bonds is 3. The summed E-state index contributed by atoms with van der Waals surface area (Å²) in [6.07, 6.45) is 2.06. The van der Waals surface area contributed by atoms with Crippen LogP contribution in [0.3, 0.4) is 0 Å². The first-order valence-electron chi connectivity index (χ1n) is 5.82. The maximum Gasteiger partial charge on any atom is 0.295 e. The van der Waals surface area contributed by atoms with Crippen molar-refractivity contribution < 1.29 is 13.6 Å². The van der Waals surface area contributed by atoms with Crippen molar-refractivity contribution in [2.45, 2.75) is 18.8 Å². The minimum Gasteiger partial charge on any atom is -0.317 e. The highest BCUT2D eigenvalue weighted by Crippen LogP contribution is 2.37. The quantitative estimate of drug-likeness (QED) is 0.892. The van der Waals surface area contributed by atoms with E-state index in [0.717, 1.165) is 25.0 Å².